The molecule has 0 radical (unpaired) electrons. The number of carbonyl (C=O) groups excluding carboxylic acids is 1. The molecule has 0 spiro atoms. The third-order valence-corrected chi connectivity index (χ3v) is 4.38. The molecule has 1 aliphatic carbocycles. The van der Waals surface area contributed by atoms with Crippen LogP contribution in [0.5, 0.6) is 0 Å². The lowest BCUT2D eigenvalue weighted by Crippen LogP contribution is -2.22. The lowest BCUT2D eigenvalue weighted by Gasteiger charge is -2.16. The van der Waals surface area contributed by atoms with E-state index in [1.54, 1.807) is 24.4 Å². The molecule has 0 fully saturated rings. The van der Waals surface area contributed by atoms with Crippen molar-refractivity contribution in [2.75, 3.05) is 17.2 Å². The summed E-state index contributed by atoms with van der Waals surface area (Å²) in [6, 6.07) is 6.97. The van der Waals surface area contributed by atoms with Gasteiger partial charge in [0.2, 0.25) is 5.95 Å². The smallest absolute Gasteiger partial charge is 0.360 e. The molecule has 0 saturated carbocycles. The van der Waals surface area contributed by atoms with Gasteiger partial charge in [0.25, 0.3) is 0 Å². The van der Waals surface area contributed by atoms with E-state index in [0.29, 0.717) is 23.1 Å². The van der Waals surface area contributed by atoms with Gasteiger partial charge in [-0.05, 0) is 42.7 Å². The Morgan fingerprint density at radius 3 is 2.81 bits per heavy atom. The summed E-state index contributed by atoms with van der Waals surface area (Å²) in [5, 5.41) is 5.80. The summed E-state index contributed by atoms with van der Waals surface area (Å²) >= 11 is 0. The minimum Gasteiger partial charge on any atom is -0.360 e. The average molecular weight is 375 g/mol. The van der Waals surface area contributed by atoms with Crippen molar-refractivity contribution in [2.24, 2.45) is 0 Å². The summed E-state index contributed by atoms with van der Waals surface area (Å²) in [4.78, 5) is 23.3. The largest absolute Gasteiger partial charge is 0.405 e. The molecule has 0 saturated heterocycles. The van der Waals surface area contributed by atoms with Gasteiger partial charge in [-0.25, -0.2) is 0 Å². The second-order valence-electron chi connectivity index (χ2n) is 6.38. The number of aromatic nitrogens is 3. The topological polar surface area (TPSA) is 82.7 Å². The first-order valence-electron chi connectivity index (χ1n) is 8.48. The number of aromatic amines is 1. The van der Waals surface area contributed by atoms with Crippen molar-refractivity contribution in [2.45, 2.75) is 25.4 Å². The minimum atomic E-state index is -4.35. The van der Waals surface area contributed by atoms with Crippen molar-refractivity contribution in [1.82, 2.24) is 15.0 Å². The Morgan fingerprint density at radius 1 is 1.15 bits per heavy atom. The van der Waals surface area contributed by atoms with Crippen molar-refractivity contribution in [1.29, 1.82) is 0 Å². The molecule has 6 nitrogen and oxygen atoms in total. The molecule has 27 heavy (non-hydrogen) atoms. The number of rotatable bonds is 4. The molecule has 0 bridgehead atoms. The maximum atomic E-state index is 12.5. The zero-order valence-corrected chi connectivity index (χ0v) is 14.2. The van der Waals surface area contributed by atoms with Crippen LogP contribution in [0.25, 0.3) is 11.0 Å². The lowest BCUT2D eigenvalue weighted by molar-refractivity contribution is -0.115. The second-order valence-corrected chi connectivity index (χ2v) is 6.38. The van der Waals surface area contributed by atoms with Crippen LogP contribution in [-0.4, -0.2) is 33.5 Å². The Kier molecular flexibility index (Phi) is 4.21. The fourth-order valence-electron chi connectivity index (χ4n) is 3.17. The fourth-order valence-corrected chi connectivity index (χ4v) is 3.17. The molecule has 4 rings (SSSR count). The predicted octanol–water partition coefficient (Wildman–Crippen LogP) is 4.19. The van der Waals surface area contributed by atoms with Crippen LogP contribution < -0.4 is 10.6 Å². The number of aryl methyl sites for hydroxylation is 1. The highest BCUT2D eigenvalue weighted by molar-refractivity contribution is 5.99. The van der Waals surface area contributed by atoms with E-state index in [1.165, 1.54) is 0 Å². The van der Waals surface area contributed by atoms with Gasteiger partial charge < -0.3 is 15.6 Å². The molecule has 2 heterocycles. The number of anilines is 3. The number of carbonyl (C=O) groups is 1. The van der Waals surface area contributed by atoms with Crippen LogP contribution in [0.3, 0.4) is 0 Å². The van der Waals surface area contributed by atoms with E-state index >= 15 is 0 Å². The van der Waals surface area contributed by atoms with E-state index < -0.39 is 12.7 Å². The van der Waals surface area contributed by atoms with Crippen molar-refractivity contribution in [3.05, 3.63) is 41.6 Å². The highest BCUT2D eigenvalue weighted by Gasteiger charge is 2.27. The van der Waals surface area contributed by atoms with Gasteiger partial charge in [-0.15, -0.1) is 0 Å². The number of hydrogen-bond acceptors (Lipinski definition) is 5. The van der Waals surface area contributed by atoms with Gasteiger partial charge in [0.15, 0.2) is 5.78 Å². The fraction of sp³-hybridized carbons (Fsp3) is 0.278. The van der Waals surface area contributed by atoms with Gasteiger partial charge in [-0.2, -0.15) is 23.1 Å². The highest BCUT2D eigenvalue weighted by atomic mass is 19.4. The molecule has 0 atom stereocenters. The number of benzene rings is 1. The summed E-state index contributed by atoms with van der Waals surface area (Å²) in [5.74, 6) is 0.386. The highest BCUT2D eigenvalue weighted by Crippen LogP contribution is 2.27. The van der Waals surface area contributed by atoms with Crippen LogP contribution in [0.4, 0.5) is 30.6 Å². The Morgan fingerprint density at radius 2 is 2.00 bits per heavy atom. The molecular formula is C18H16F3N5O. The average Bonchev–Trinajstić information content (AvgIpc) is 3.08. The summed E-state index contributed by atoms with van der Waals surface area (Å²) in [5.41, 5.74) is 2.77. The molecule has 0 amide bonds. The molecule has 0 unspecified atom stereocenters. The van der Waals surface area contributed by atoms with Gasteiger partial charge in [0.05, 0.1) is 5.39 Å². The number of Topliss-reactive ketones (excluding diaryl/α,β-unsaturated/α-hetero) is 1. The van der Waals surface area contributed by atoms with Crippen molar-refractivity contribution in [3.63, 3.8) is 0 Å². The first-order chi connectivity index (χ1) is 12.9. The molecule has 3 N–H and O–H groups in total. The van der Waals surface area contributed by atoms with E-state index in [2.05, 4.69) is 25.6 Å². The van der Waals surface area contributed by atoms with Crippen molar-refractivity contribution in [3.8, 4) is 0 Å². The van der Waals surface area contributed by atoms with Crippen LogP contribution in [0, 0.1) is 0 Å². The monoisotopic (exact) mass is 375 g/mol. The standard InChI is InChI=1S/C18H16F3N5O/c19-18(20,21)9-23-16-13-6-7-22-15(13)25-17(26-16)24-11-4-5-12-10(8-11)2-1-3-14(12)27/h4-8H,1-3,9H2,(H3,22,23,24,25,26). The number of fused-ring (bicyclic) bond motifs is 2. The molecule has 3 aromatic rings. The van der Waals surface area contributed by atoms with E-state index in [4.69, 9.17) is 0 Å². The lowest BCUT2D eigenvalue weighted by atomic mass is 9.90. The summed E-state index contributed by atoms with van der Waals surface area (Å²) in [6.45, 7) is -1.19. The molecular weight excluding hydrogens is 359 g/mol. The number of H-pyrrole nitrogens is 1. The van der Waals surface area contributed by atoms with E-state index in [1.807, 2.05) is 6.07 Å². The number of nitrogens with one attached hydrogen (secondary N) is 3. The predicted molar refractivity (Wildman–Crippen MR) is 95.4 cm³/mol. The zero-order chi connectivity index (χ0) is 19.0. The number of ketones is 1. The quantitative estimate of drug-likeness (QED) is 0.637. The number of alkyl halides is 3. The molecule has 1 aromatic carbocycles. The van der Waals surface area contributed by atoms with E-state index in [9.17, 15) is 18.0 Å². The van der Waals surface area contributed by atoms with Gasteiger partial charge in [-0.1, -0.05) is 0 Å². The summed E-state index contributed by atoms with van der Waals surface area (Å²) in [6.07, 6.45) is -0.587. The first-order valence-corrected chi connectivity index (χ1v) is 8.48. The van der Waals surface area contributed by atoms with E-state index in [0.717, 1.165) is 24.0 Å². The maximum Gasteiger partial charge on any atom is 0.405 e. The Bertz CT molecular complexity index is 1010. The van der Waals surface area contributed by atoms with Crippen LogP contribution >= 0.6 is 0 Å². The molecule has 1 aliphatic rings. The van der Waals surface area contributed by atoms with Crippen LogP contribution in [0.15, 0.2) is 30.5 Å². The van der Waals surface area contributed by atoms with E-state index in [-0.39, 0.29) is 17.5 Å². The van der Waals surface area contributed by atoms with Crippen LogP contribution in [0.2, 0.25) is 0 Å². The van der Waals surface area contributed by atoms with Gasteiger partial charge in [0, 0.05) is 23.9 Å². The van der Waals surface area contributed by atoms with Gasteiger partial charge >= 0.3 is 6.18 Å². The Hall–Kier alpha value is -3.10. The zero-order valence-electron chi connectivity index (χ0n) is 14.2. The third-order valence-electron chi connectivity index (χ3n) is 4.38. The molecule has 2 aromatic heterocycles. The second kappa shape index (κ2) is 6.57. The van der Waals surface area contributed by atoms with Crippen molar-refractivity contribution >= 4 is 34.3 Å². The Labute approximate surface area is 152 Å². The number of nitrogens with zero attached hydrogens (tertiary/aromatic N) is 2. The van der Waals surface area contributed by atoms with Gasteiger partial charge in [0.1, 0.15) is 18.0 Å². The van der Waals surface area contributed by atoms with Crippen LogP contribution in [0.1, 0.15) is 28.8 Å². The maximum absolute atomic E-state index is 12.5. The normalized spacial score (nSPS) is 14.3. The third kappa shape index (κ3) is 3.71. The molecule has 140 valence electrons. The number of halogens is 3. The minimum absolute atomic E-state index is 0.0919. The molecule has 9 heteroatoms. The van der Waals surface area contributed by atoms with Gasteiger partial charge in [-0.3, -0.25) is 4.79 Å². The SMILES string of the molecule is O=C1CCCc2cc(Nc3nc(NCC(F)(F)F)c4cc[nH]c4n3)ccc21. The summed E-state index contributed by atoms with van der Waals surface area (Å²) in [7, 11) is 0. The van der Waals surface area contributed by atoms with Crippen molar-refractivity contribution < 1.29 is 18.0 Å². The first kappa shape index (κ1) is 17.3. The Balaban J connectivity index is 1.63. The summed E-state index contributed by atoms with van der Waals surface area (Å²) < 4.78 is 37.6. The molecule has 0 aliphatic heterocycles. The van der Waals surface area contributed by atoms with Crippen LogP contribution in [-0.2, 0) is 6.42 Å². The number of hydrogen-bond donors (Lipinski definition) is 3.